The number of fused-ring (bicyclic) bond motifs is 1. The van der Waals surface area contributed by atoms with Gasteiger partial charge in [0.15, 0.2) is 5.65 Å². The van der Waals surface area contributed by atoms with Crippen LogP contribution in [-0.2, 0) is 16.2 Å². The van der Waals surface area contributed by atoms with Crippen LogP contribution in [0.3, 0.4) is 0 Å². The number of likely N-dealkylation sites (tertiary alicyclic amines) is 1. The van der Waals surface area contributed by atoms with E-state index in [4.69, 9.17) is 14.2 Å². The van der Waals surface area contributed by atoms with Gasteiger partial charge >= 0.3 is 6.09 Å². The van der Waals surface area contributed by atoms with Crippen LogP contribution < -0.4 is 10.1 Å². The number of nitrogens with zero attached hydrogens (tertiary/aromatic N) is 4. The molecule has 11 heteroatoms. The van der Waals surface area contributed by atoms with Crippen LogP contribution in [0.5, 0.6) is 5.88 Å². The van der Waals surface area contributed by atoms with Crippen molar-refractivity contribution in [2.24, 2.45) is 0 Å². The van der Waals surface area contributed by atoms with Gasteiger partial charge in [-0.05, 0) is 40.7 Å². The maximum Gasteiger partial charge on any atom is 0.410 e. The van der Waals surface area contributed by atoms with Crippen molar-refractivity contribution in [2.75, 3.05) is 26.2 Å². The molecular formula is C26H43N5O5Si. The lowest BCUT2D eigenvalue weighted by Crippen LogP contribution is -2.49. The lowest BCUT2D eigenvalue weighted by Gasteiger charge is -2.39. The highest BCUT2D eigenvalue weighted by molar-refractivity contribution is 6.76. The van der Waals surface area contributed by atoms with E-state index in [1.165, 1.54) is 0 Å². The maximum atomic E-state index is 12.8. The summed E-state index contributed by atoms with van der Waals surface area (Å²) in [6, 6.07) is 1.06. The Hall–Kier alpha value is -2.66. The summed E-state index contributed by atoms with van der Waals surface area (Å²) in [6.07, 6.45) is 4.28. The molecule has 1 N–H and O–H groups in total. The summed E-state index contributed by atoms with van der Waals surface area (Å²) in [7, 11) is -1.20. The third kappa shape index (κ3) is 8.16. The number of nitrogens with one attached hydrogen (secondary N) is 1. The first-order chi connectivity index (χ1) is 17.2. The summed E-state index contributed by atoms with van der Waals surface area (Å²) in [5.41, 5.74) is 0.443. The molecule has 0 aromatic carbocycles. The molecule has 0 atom stereocenters. The van der Waals surface area contributed by atoms with E-state index in [0.29, 0.717) is 68.4 Å². The predicted octanol–water partition coefficient (Wildman–Crippen LogP) is 4.66. The molecule has 2 aromatic heterocycles. The standard InChI is InChI=1S/C26H43N5O5Si/c1-9-27-23(32)19-17-31(18-34-14-15-37(6,7)8)22-21(19)29-20(16-28-22)35-26(5)10-12-30(13-11-26)24(33)36-25(2,3)4/h16-17H,9-15,18H2,1-8H3,(H,27,32). The number of hydrogen-bond acceptors (Lipinski definition) is 7. The van der Waals surface area contributed by atoms with Gasteiger partial charge in [0, 0.05) is 53.4 Å². The van der Waals surface area contributed by atoms with Crippen LogP contribution in [0.1, 0.15) is 57.8 Å². The second kappa shape index (κ2) is 11.4. The molecule has 0 unspecified atom stereocenters. The van der Waals surface area contributed by atoms with E-state index in [0.717, 1.165) is 6.04 Å². The van der Waals surface area contributed by atoms with Gasteiger partial charge in [0.05, 0.1) is 11.8 Å². The minimum absolute atomic E-state index is 0.211. The first-order valence-electron chi connectivity index (χ1n) is 13.1. The van der Waals surface area contributed by atoms with Gasteiger partial charge in [0.2, 0.25) is 5.88 Å². The third-order valence-corrected chi connectivity index (χ3v) is 7.88. The number of carbonyl (C=O) groups is 2. The second-order valence-corrected chi connectivity index (χ2v) is 17.7. The number of aromatic nitrogens is 3. The fourth-order valence-electron chi connectivity index (χ4n) is 3.99. The van der Waals surface area contributed by atoms with E-state index in [-0.39, 0.29) is 12.0 Å². The first-order valence-corrected chi connectivity index (χ1v) is 16.8. The average molecular weight is 534 g/mol. The Morgan fingerprint density at radius 3 is 2.46 bits per heavy atom. The Labute approximate surface area is 221 Å². The molecule has 1 fully saturated rings. The topological polar surface area (TPSA) is 108 Å². The van der Waals surface area contributed by atoms with Crippen LogP contribution >= 0.6 is 0 Å². The number of piperidine rings is 1. The lowest BCUT2D eigenvalue weighted by atomic mass is 9.93. The molecule has 2 amide bonds. The molecule has 0 bridgehead atoms. The van der Waals surface area contributed by atoms with Crippen molar-refractivity contribution in [3.8, 4) is 5.88 Å². The van der Waals surface area contributed by atoms with Crippen molar-refractivity contribution in [1.82, 2.24) is 24.8 Å². The van der Waals surface area contributed by atoms with E-state index >= 15 is 0 Å². The summed E-state index contributed by atoms with van der Waals surface area (Å²) in [4.78, 5) is 36.2. The molecule has 3 heterocycles. The van der Waals surface area contributed by atoms with Crippen LogP contribution in [0.2, 0.25) is 25.7 Å². The smallest absolute Gasteiger partial charge is 0.410 e. The van der Waals surface area contributed by atoms with Crippen molar-refractivity contribution in [3.63, 3.8) is 0 Å². The van der Waals surface area contributed by atoms with Gasteiger partial charge in [-0.3, -0.25) is 4.79 Å². The van der Waals surface area contributed by atoms with Crippen LogP contribution in [0.15, 0.2) is 12.4 Å². The van der Waals surface area contributed by atoms with E-state index in [9.17, 15) is 9.59 Å². The molecule has 3 rings (SSSR count). The quantitative estimate of drug-likeness (QED) is 0.369. The molecule has 1 aliphatic heterocycles. The van der Waals surface area contributed by atoms with E-state index in [1.807, 2.05) is 39.2 Å². The highest BCUT2D eigenvalue weighted by Crippen LogP contribution is 2.30. The Balaban J connectivity index is 1.74. The molecular weight excluding hydrogens is 490 g/mol. The monoisotopic (exact) mass is 533 g/mol. The van der Waals surface area contributed by atoms with E-state index in [1.54, 1.807) is 17.3 Å². The zero-order valence-electron chi connectivity index (χ0n) is 23.6. The van der Waals surface area contributed by atoms with Gasteiger partial charge in [-0.2, -0.15) is 0 Å². The largest absolute Gasteiger partial charge is 0.470 e. The highest BCUT2D eigenvalue weighted by Gasteiger charge is 2.36. The van der Waals surface area contributed by atoms with E-state index in [2.05, 4.69) is 34.9 Å². The van der Waals surface area contributed by atoms with Crippen LogP contribution in [-0.4, -0.2) is 77.0 Å². The van der Waals surface area contributed by atoms with Crippen LogP contribution in [0.4, 0.5) is 4.79 Å². The molecule has 0 saturated carbocycles. The summed E-state index contributed by atoms with van der Waals surface area (Å²) < 4.78 is 19.5. The van der Waals surface area contributed by atoms with E-state index < -0.39 is 19.3 Å². The second-order valence-electron chi connectivity index (χ2n) is 12.1. The zero-order chi connectivity index (χ0) is 27.4. The molecule has 0 radical (unpaired) electrons. The number of rotatable bonds is 9. The third-order valence-electron chi connectivity index (χ3n) is 6.18. The number of amides is 2. The molecule has 10 nitrogen and oxygen atoms in total. The Morgan fingerprint density at radius 1 is 1.19 bits per heavy atom. The number of ether oxygens (including phenoxy) is 3. The summed E-state index contributed by atoms with van der Waals surface area (Å²) in [5, 5.41) is 2.85. The molecule has 2 aromatic rings. The highest BCUT2D eigenvalue weighted by atomic mass is 28.3. The fraction of sp³-hybridized carbons (Fsp3) is 0.692. The fourth-order valence-corrected chi connectivity index (χ4v) is 4.75. The molecule has 206 valence electrons. The van der Waals surface area contributed by atoms with Gasteiger partial charge in [0.1, 0.15) is 23.4 Å². The van der Waals surface area contributed by atoms with Crippen molar-refractivity contribution in [2.45, 2.75) is 91.1 Å². The maximum absolute atomic E-state index is 12.8. The van der Waals surface area contributed by atoms with Crippen LogP contribution in [0.25, 0.3) is 11.2 Å². The van der Waals surface area contributed by atoms with Gasteiger partial charge in [0.25, 0.3) is 5.91 Å². The zero-order valence-corrected chi connectivity index (χ0v) is 24.6. The molecule has 1 aliphatic rings. The molecule has 0 spiro atoms. The summed E-state index contributed by atoms with van der Waals surface area (Å²) in [6.45, 7) is 18.9. The van der Waals surface area contributed by atoms with Crippen molar-refractivity contribution in [3.05, 3.63) is 18.0 Å². The normalized spacial score (nSPS) is 16.1. The first kappa shape index (κ1) is 28.9. The average Bonchev–Trinajstić information content (AvgIpc) is 3.13. The Kier molecular flexibility index (Phi) is 8.89. The Bertz CT molecular complexity index is 1100. The number of carbonyl (C=O) groups excluding carboxylic acids is 2. The Morgan fingerprint density at radius 2 is 1.86 bits per heavy atom. The molecule has 37 heavy (non-hydrogen) atoms. The lowest BCUT2D eigenvalue weighted by molar-refractivity contribution is -0.0113. The van der Waals surface area contributed by atoms with Gasteiger partial charge in [-0.25, -0.2) is 14.8 Å². The SMILES string of the molecule is CCNC(=O)c1cn(COCC[Si](C)(C)C)c2ncc(OC3(C)CCN(C(=O)OC(C)(C)C)CC3)nc12. The molecule has 1 saturated heterocycles. The van der Waals surface area contributed by atoms with Crippen molar-refractivity contribution < 1.29 is 23.8 Å². The van der Waals surface area contributed by atoms with Crippen molar-refractivity contribution >= 4 is 31.2 Å². The molecule has 0 aliphatic carbocycles. The summed E-state index contributed by atoms with van der Waals surface area (Å²) in [5.74, 6) is 0.139. The van der Waals surface area contributed by atoms with Crippen molar-refractivity contribution in [1.29, 1.82) is 0 Å². The van der Waals surface area contributed by atoms with Crippen LogP contribution in [0, 0.1) is 0 Å². The van der Waals surface area contributed by atoms with Gasteiger partial charge < -0.3 is 29.0 Å². The minimum atomic E-state index is -1.20. The number of hydrogen-bond donors (Lipinski definition) is 1. The minimum Gasteiger partial charge on any atom is -0.470 e. The van der Waals surface area contributed by atoms with Gasteiger partial charge in [-0.15, -0.1) is 0 Å². The summed E-state index contributed by atoms with van der Waals surface area (Å²) >= 11 is 0. The van der Waals surface area contributed by atoms with Gasteiger partial charge in [-0.1, -0.05) is 19.6 Å². The predicted molar refractivity (Wildman–Crippen MR) is 146 cm³/mol.